The van der Waals surface area contributed by atoms with E-state index in [0.29, 0.717) is 12.5 Å². The maximum Gasteiger partial charge on any atom is 0.191 e. The molecule has 1 aliphatic rings. The van der Waals surface area contributed by atoms with Gasteiger partial charge in [0.15, 0.2) is 5.96 Å². The summed E-state index contributed by atoms with van der Waals surface area (Å²) < 4.78 is 2.03. The lowest BCUT2D eigenvalue weighted by Gasteiger charge is -2.30. The minimum absolute atomic E-state index is 0.679. The molecule has 0 amide bonds. The van der Waals surface area contributed by atoms with E-state index < -0.39 is 0 Å². The van der Waals surface area contributed by atoms with E-state index >= 15 is 0 Å². The molecular weight excluding hydrogens is 212 g/mol. The molecule has 0 spiro atoms. The molecule has 0 aliphatic carbocycles. The van der Waals surface area contributed by atoms with E-state index in [1.54, 1.807) is 0 Å². The number of aliphatic imine (C=N–C) groups is 1. The van der Waals surface area contributed by atoms with Crippen molar-refractivity contribution in [2.24, 2.45) is 23.7 Å². The summed E-state index contributed by atoms with van der Waals surface area (Å²) in [6.07, 6.45) is 6.56. The standard InChI is InChI=1S/C13H22N4/c1-11-3-7-17(8-4-11)13(14)15-9-12-5-6-16(2)10-12/h5-6,10-11H,3-4,7-9H2,1-2H3,(H2,14,15). The SMILES string of the molecule is CC1CCN(C(N)=NCc2ccn(C)c2)CC1. The number of hydrogen-bond donors (Lipinski definition) is 1. The third-order valence-electron chi connectivity index (χ3n) is 3.42. The maximum absolute atomic E-state index is 6.02. The molecular formula is C13H22N4. The Hall–Kier alpha value is -1.45. The van der Waals surface area contributed by atoms with Gasteiger partial charge in [-0.2, -0.15) is 0 Å². The van der Waals surface area contributed by atoms with Crippen LogP contribution < -0.4 is 5.73 Å². The Morgan fingerprint density at radius 3 is 2.76 bits per heavy atom. The maximum atomic E-state index is 6.02. The Kier molecular flexibility index (Phi) is 3.71. The Morgan fingerprint density at radius 1 is 1.47 bits per heavy atom. The van der Waals surface area contributed by atoms with E-state index in [0.717, 1.165) is 19.0 Å². The van der Waals surface area contributed by atoms with Gasteiger partial charge < -0.3 is 15.2 Å². The van der Waals surface area contributed by atoms with Crippen LogP contribution in [0.1, 0.15) is 25.3 Å². The summed E-state index contributed by atoms with van der Waals surface area (Å²) in [6.45, 7) is 5.07. The molecule has 0 atom stereocenters. The van der Waals surface area contributed by atoms with Crippen molar-refractivity contribution in [1.29, 1.82) is 0 Å². The highest BCUT2D eigenvalue weighted by molar-refractivity contribution is 5.78. The largest absolute Gasteiger partial charge is 0.370 e. The zero-order valence-electron chi connectivity index (χ0n) is 10.8. The Bertz CT molecular complexity index is 386. The molecule has 1 aliphatic heterocycles. The quantitative estimate of drug-likeness (QED) is 0.623. The first-order valence-electron chi connectivity index (χ1n) is 6.31. The third-order valence-corrected chi connectivity index (χ3v) is 3.42. The highest BCUT2D eigenvalue weighted by Crippen LogP contribution is 2.15. The summed E-state index contributed by atoms with van der Waals surface area (Å²) in [6, 6.07) is 2.08. The lowest BCUT2D eigenvalue weighted by molar-refractivity contribution is 0.277. The van der Waals surface area contributed by atoms with Crippen LogP contribution >= 0.6 is 0 Å². The van der Waals surface area contributed by atoms with Gasteiger partial charge in [-0.25, -0.2) is 4.99 Å². The fourth-order valence-electron chi connectivity index (χ4n) is 2.16. The Morgan fingerprint density at radius 2 is 2.18 bits per heavy atom. The average molecular weight is 234 g/mol. The zero-order valence-corrected chi connectivity index (χ0v) is 10.8. The molecule has 0 bridgehead atoms. The van der Waals surface area contributed by atoms with Crippen molar-refractivity contribution in [3.8, 4) is 0 Å². The van der Waals surface area contributed by atoms with Crippen LogP contribution in [0.3, 0.4) is 0 Å². The molecule has 4 heteroatoms. The van der Waals surface area contributed by atoms with Crippen LogP contribution in [0, 0.1) is 5.92 Å². The van der Waals surface area contributed by atoms with Gasteiger partial charge in [0, 0.05) is 32.5 Å². The molecule has 0 aromatic carbocycles. The predicted octanol–water partition coefficient (Wildman–Crippen LogP) is 1.57. The second kappa shape index (κ2) is 5.25. The zero-order chi connectivity index (χ0) is 12.3. The summed E-state index contributed by atoms with van der Waals surface area (Å²) in [5.74, 6) is 1.52. The van der Waals surface area contributed by atoms with Crippen LogP contribution in [-0.4, -0.2) is 28.5 Å². The van der Waals surface area contributed by atoms with Crippen LogP contribution in [0.25, 0.3) is 0 Å². The smallest absolute Gasteiger partial charge is 0.191 e. The van der Waals surface area contributed by atoms with E-state index in [1.807, 2.05) is 17.8 Å². The molecule has 2 rings (SSSR count). The van der Waals surface area contributed by atoms with Crippen molar-refractivity contribution >= 4 is 5.96 Å². The molecule has 1 aromatic rings. The summed E-state index contributed by atoms with van der Waals surface area (Å²) in [5.41, 5.74) is 7.23. The highest BCUT2D eigenvalue weighted by atomic mass is 15.3. The van der Waals surface area contributed by atoms with Crippen LogP contribution in [0.2, 0.25) is 0 Å². The fourth-order valence-corrected chi connectivity index (χ4v) is 2.16. The molecule has 17 heavy (non-hydrogen) atoms. The molecule has 0 unspecified atom stereocenters. The number of aryl methyl sites for hydroxylation is 1. The van der Waals surface area contributed by atoms with E-state index in [-0.39, 0.29) is 0 Å². The lowest BCUT2D eigenvalue weighted by atomic mass is 10.00. The number of piperidine rings is 1. The van der Waals surface area contributed by atoms with Gasteiger partial charge in [0.25, 0.3) is 0 Å². The number of likely N-dealkylation sites (tertiary alicyclic amines) is 1. The van der Waals surface area contributed by atoms with Gasteiger partial charge in [-0.15, -0.1) is 0 Å². The first-order valence-corrected chi connectivity index (χ1v) is 6.31. The van der Waals surface area contributed by atoms with E-state index in [9.17, 15) is 0 Å². The molecule has 94 valence electrons. The van der Waals surface area contributed by atoms with E-state index in [1.165, 1.54) is 18.4 Å². The second-order valence-corrected chi connectivity index (χ2v) is 5.03. The number of nitrogens with zero attached hydrogens (tertiary/aromatic N) is 3. The molecule has 2 heterocycles. The number of guanidine groups is 1. The summed E-state index contributed by atoms with van der Waals surface area (Å²) >= 11 is 0. The fraction of sp³-hybridized carbons (Fsp3) is 0.615. The lowest BCUT2D eigenvalue weighted by Crippen LogP contribution is -2.42. The van der Waals surface area contributed by atoms with Gasteiger partial charge in [0.2, 0.25) is 0 Å². The number of aromatic nitrogens is 1. The van der Waals surface area contributed by atoms with Crippen LogP contribution in [0.15, 0.2) is 23.5 Å². The van der Waals surface area contributed by atoms with Gasteiger partial charge in [0.05, 0.1) is 6.54 Å². The van der Waals surface area contributed by atoms with Crippen molar-refractivity contribution in [1.82, 2.24) is 9.47 Å². The number of rotatable bonds is 2. The first kappa shape index (κ1) is 12.0. The van der Waals surface area contributed by atoms with Crippen molar-refractivity contribution < 1.29 is 0 Å². The molecule has 2 N–H and O–H groups in total. The van der Waals surface area contributed by atoms with Crippen molar-refractivity contribution in [3.63, 3.8) is 0 Å². The van der Waals surface area contributed by atoms with Gasteiger partial charge in [0.1, 0.15) is 0 Å². The predicted molar refractivity (Wildman–Crippen MR) is 70.7 cm³/mol. The van der Waals surface area contributed by atoms with Crippen molar-refractivity contribution in [2.75, 3.05) is 13.1 Å². The van der Waals surface area contributed by atoms with Gasteiger partial charge >= 0.3 is 0 Å². The summed E-state index contributed by atoms with van der Waals surface area (Å²) in [4.78, 5) is 6.66. The molecule has 0 saturated carbocycles. The second-order valence-electron chi connectivity index (χ2n) is 5.03. The first-order chi connectivity index (χ1) is 8.15. The average Bonchev–Trinajstić information content (AvgIpc) is 2.73. The molecule has 4 nitrogen and oxygen atoms in total. The van der Waals surface area contributed by atoms with Crippen LogP contribution in [0.4, 0.5) is 0 Å². The van der Waals surface area contributed by atoms with Gasteiger partial charge in [-0.05, 0) is 30.4 Å². The summed E-state index contributed by atoms with van der Waals surface area (Å²) in [5, 5.41) is 0. The monoisotopic (exact) mass is 234 g/mol. The minimum Gasteiger partial charge on any atom is -0.370 e. The van der Waals surface area contributed by atoms with Crippen LogP contribution in [0.5, 0.6) is 0 Å². The van der Waals surface area contributed by atoms with Crippen molar-refractivity contribution in [3.05, 3.63) is 24.0 Å². The number of hydrogen-bond acceptors (Lipinski definition) is 1. The molecule has 0 radical (unpaired) electrons. The topological polar surface area (TPSA) is 46.5 Å². The van der Waals surface area contributed by atoms with Gasteiger partial charge in [-0.1, -0.05) is 6.92 Å². The Balaban J connectivity index is 1.88. The Labute approximate surface area is 103 Å². The van der Waals surface area contributed by atoms with Gasteiger partial charge in [-0.3, -0.25) is 0 Å². The van der Waals surface area contributed by atoms with Crippen molar-refractivity contribution in [2.45, 2.75) is 26.3 Å². The summed E-state index contributed by atoms with van der Waals surface area (Å²) in [7, 11) is 2.02. The van der Waals surface area contributed by atoms with Crippen LogP contribution in [-0.2, 0) is 13.6 Å². The van der Waals surface area contributed by atoms with E-state index in [4.69, 9.17) is 5.73 Å². The third kappa shape index (κ3) is 3.25. The molecule has 1 saturated heterocycles. The highest BCUT2D eigenvalue weighted by Gasteiger charge is 2.16. The molecule has 1 aromatic heterocycles. The number of nitrogens with two attached hydrogens (primary N) is 1. The molecule has 1 fully saturated rings. The normalized spacial score (nSPS) is 18.7. The van der Waals surface area contributed by atoms with E-state index in [2.05, 4.69) is 29.1 Å². The minimum atomic E-state index is 0.679.